The van der Waals surface area contributed by atoms with Crippen molar-refractivity contribution in [1.29, 1.82) is 0 Å². The molecule has 0 aromatic heterocycles. The van der Waals surface area contributed by atoms with Crippen LogP contribution in [0.3, 0.4) is 0 Å². The molecule has 0 fully saturated rings. The standard InChI is InChI=1S/C20H24FN3O3/c1-20(2,13-25)24-18(26)11-14-5-9-17(10-6-14)23-19(27)22-12-15-3-7-16(21)8-4-15/h3-10,25H,11-13H2,1-2H3,(H,24,26)(H2,22,23,27). The minimum absolute atomic E-state index is 0.144. The quantitative estimate of drug-likeness (QED) is 0.601. The van der Waals surface area contributed by atoms with Gasteiger partial charge < -0.3 is 21.1 Å². The van der Waals surface area contributed by atoms with Crippen LogP contribution in [-0.2, 0) is 17.8 Å². The van der Waals surface area contributed by atoms with E-state index in [1.165, 1.54) is 12.1 Å². The van der Waals surface area contributed by atoms with Crippen LogP contribution in [0.1, 0.15) is 25.0 Å². The second-order valence-electron chi connectivity index (χ2n) is 6.90. The Kier molecular flexibility index (Phi) is 6.90. The normalized spacial score (nSPS) is 11.0. The Morgan fingerprint density at radius 2 is 1.59 bits per heavy atom. The minimum atomic E-state index is -0.665. The number of nitrogens with one attached hydrogen (secondary N) is 3. The Morgan fingerprint density at radius 3 is 2.19 bits per heavy atom. The number of hydrogen-bond donors (Lipinski definition) is 4. The van der Waals surface area contributed by atoms with E-state index in [0.29, 0.717) is 5.69 Å². The summed E-state index contributed by atoms with van der Waals surface area (Å²) in [6.07, 6.45) is 0.181. The molecule has 27 heavy (non-hydrogen) atoms. The zero-order valence-electron chi connectivity index (χ0n) is 15.4. The zero-order chi connectivity index (χ0) is 19.9. The lowest BCUT2D eigenvalue weighted by molar-refractivity contribution is -0.122. The number of hydrogen-bond acceptors (Lipinski definition) is 3. The number of rotatable bonds is 7. The van der Waals surface area contributed by atoms with Gasteiger partial charge in [-0.2, -0.15) is 0 Å². The summed E-state index contributed by atoms with van der Waals surface area (Å²) in [5.74, 6) is -0.510. The average molecular weight is 373 g/mol. The maximum absolute atomic E-state index is 12.8. The lowest BCUT2D eigenvalue weighted by atomic mass is 10.1. The van der Waals surface area contributed by atoms with Gasteiger partial charge in [-0.25, -0.2) is 9.18 Å². The molecular weight excluding hydrogens is 349 g/mol. The van der Waals surface area contributed by atoms with Gasteiger partial charge in [-0.05, 0) is 49.2 Å². The Balaban J connectivity index is 1.81. The van der Waals surface area contributed by atoms with E-state index in [-0.39, 0.29) is 37.3 Å². The molecule has 0 unspecified atom stereocenters. The van der Waals surface area contributed by atoms with E-state index < -0.39 is 5.54 Å². The Bertz CT molecular complexity index is 774. The summed E-state index contributed by atoms with van der Waals surface area (Å²) in [7, 11) is 0. The molecule has 2 rings (SSSR count). The highest BCUT2D eigenvalue weighted by molar-refractivity contribution is 5.89. The van der Waals surface area contributed by atoms with Crippen LogP contribution in [0.2, 0.25) is 0 Å². The fourth-order valence-electron chi connectivity index (χ4n) is 2.31. The third kappa shape index (κ3) is 7.07. The van der Waals surface area contributed by atoms with Gasteiger partial charge in [0, 0.05) is 12.2 Å². The third-order valence-electron chi connectivity index (χ3n) is 3.82. The van der Waals surface area contributed by atoms with Crippen molar-refractivity contribution in [2.24, 2.45) is 0 Å². The molecule has 6 nitrogen and oxygen atoms in total. The van der Waals surface area contributed by atoms with Crippen molar-refractivity contribution < 1.29 is 19.1 Å². The molecule has 0 saturated heterocycles. The first-order valence-electron chi connectivity index (χ1n) is 8.57. The number of urea groups is 1. The van der Waals surface area contributed by atoms with Crippen LogP contribution >= 0.6 is 0 Å². The van der Waals surface area contributed by atoms with Gasteiger partial charge in [0.25, 0.3) is 0 Å². The Morgan fingerprint density at radius 1 is 1.00 bits per heavy atom. The van der Waals surface area contributed by atoms with Crippen LogP contribution in [-0.4, -0.2) is 29.2 Å². The fraction of sp³-hybridized carbons (Fsp3) is 0.300. The van der Waals surface area contributed by atoms with E-state index in [4.69, 9.17) is 0 Å². The van der Waals surface area contributed by atoms with E-state index in [1.54, 1.807) is 50.2 Å². The molecule has 0 saturated carbocycles. The number of amides is 3. The lowest BCUT2D eigenvalue weighted by Crippen LogP contribution is -2.46. The summed E-state index contributed by atoms with van der Waals surface area (Å²) >= 11 is 0. The van der Waals surface area contributed by atoms with Gasteiger partial charge in [-0.3, -0.25) is 4.79 Å². The van der Waals surface area contributed by atoms with E-state index >= 15 is 0 Å². The second kappa shape index (κ2) is 9.14. The smallest absolute Gasteiger partial charge is 0.319 e. The molecule has 0 spiro atoms. The van der Waals surface area contributed by atoms with Crippen LogP contribution in [0, 0.1) is 5.82 Å². The van der Waals surface area contributed by atoms with Crippen molar-refractivity contribution in [2.45, 2.75) is 32.4 Å². The molecular formula is C20H24FN3O3. The van der Waals surface area contributed by atoms with Crippen molar-refractivity contribution in [3.8, 4) is 0 Å². The third-order valence-corrected chi connectivity index (χ3v) is 3.82. The maximum Gasteiger partial charge on any atom is 0.319 e. The molecule has 3 amide bonds. The number of aliphatic hydroxyl groups excluding tert-OH is 1. The van der Waals surface area contributed by atoms with Crippen LogP contribution in [0.15, 0.2) is 48.5 Å². The highest BCUT2D eigenvalue weighted by atomic mass is 19.1. The Hall–Kier alpha value is -2.93. The highest BCUT2D eigenvalue weighted by Gasteiger charge is 2.18. The van der Waals surface area contributed by atoms with Crippen molar-refractivity contribution in [1.82, 2.24) is 10.6 Å². The largest absolute Gasteiger partial charge is 0.394 e. The number of carbonyl (C=O) groups is 2. The van der Waals surface area contributed by atoms with Gasteiger partial charge in [-0.1, -0.05) is 24.3 Å². The summed E-state index contributed by atoms with van der Waals surface area (Å²) < 4.78 is 12.8. The monoisotopic (exact) mass is 373 g/mol. The highest BCUT2D eigenvalue weighted by Crippen LogP contribution is 2.11. The number of carbonyl (C=O) groups excluding carboxylic acids is 2. The predicted octanol–water partition coefficient (Wildman–Crippen LogP) is 2.58. The number of anilines is 1. The van der Waals surface area contributed by atoms with Crippen LogP contribution in [0.25, 0.3) is 0 Å². The van der Waals surface area contributed by atoms with Crippen molar-refractivity contribution in [3.63, 3.8) is 0 Å². The van der Waals surface area contributed by atoms with Gasteiger partial charge in [-0.15, -0.1) is 0 Å². The molecule has 0 radical (unpaired) electrons. The molecule has 0 aliphatic rings. The van der Waals surface area contributed by atoms with Crippen molar-refractivity contribution in [3.05, 3.63) is 65.5 Å². The van der Waals surface area contributed by atoms with Crippen molar-refractivity contribution >= 4 is 17.6 Å². The van der Waals surface area contributed by atoms with Crippen LogP contribution < -0.4 is 16.0 Å². The summed E-state index contributed by atoms with van der Waals surface area (Å²) in [5, 5.41) is 17.3. The van der Waals surface area contributed by atoms with Gasteiger partial charge in [0.2, 0.25) is 5.91 Å². The van der Waals surface area contributed by atoms with Gasteiger partial charge in [0.1, 0.15) is 5.82 Å². The summed E-state index contributed by atoms with van der Waals surface area (Å²) in [6, 6.07) is 12.4. The molecule has 4 N–H and O–H groups in total. The maximum atomic E-state index is 12.8. The molecule has 0 atom stereocenters. The molecule has 2 aromatic carbocycles. The van der Waals surface area contributed by atoms with E-state index in [0.717, 1.165) is 11.1 Å². The molecule has 7 heteroatoms. The van der Waals surface area contributed by atoms with Gasteiger partial charge in [0.05, 0.1) is 18.6 Å². The molecule has 2 aromatic rings. The van der Waals surface area contributed by atoms with Crippen molar-refractivity contribution in [2.75, 3.05) is 11.9 Å². The predicted molar refractivity (Wildman–Crippen MR) is 102 cm³/mol. The van der Waals surface area contributed by atoms with Gasteiger partial charge in [0.15, 0.2) is 0 Å². The molecule has 0 heterocycles. The lowest BCUT2D eigenvalue weighted by Gasteiger charge is -2.23. The number of halogens is 1. The van der Waals surface area contributed by atoms with E-state index in [1.807, 2.05) is 0 Å². The van der Waals surface area contributed by atoms with E-state index in [9.17, 15) is 19.1 Å². The molecule has 0 aliphatic heterocycles. The summed E-state index contributed by atoms with van der Waals surface area (Å²) in [6.45, 7) is 3.62. The van der Waals surface area contributed by atoms with Crippen LogP contribution in [0.5, 0.6) is 0 Å². The second-order valence-corrected chi connectivity index (χ2v) is 6.90. The molecule has 144 valence electrons. The van der Waals surface area contributed by atoms with Gasteiger partial charge >= 0.3 is 6.03 Å². The molecule has 0 aliphatic carbocycles. The first kappa shape index (κ1) is 20.4. The van der Waals surface area contributed by atoms with Crippen LogP contribution in [0.4, 0.5) is 14.9 Å². The molecule has 0 bridgehead atoms. The zero-order valence-corrected chi connectivity index (χ0v) is 15.4. The minimum Gasteiger partial charge on any atom is -0.394 e. The Labute approximate surface area is 157 Å². The number of aliphatic hydroxyl groups is 1. The first-order chi connectivity index (χ1) is 12.8. The number of benzene rings is 2. The summed E-state index contributed by atoms with van der Waals surface area (Å²) in [5.41, 5.74) is 1.50. The first-order valence-corrected chi connectivity index (χ1v) is 8.57. The SMILES string of the molecule is CC(C)(CO)NC(=O)Cc1ccc(NC(=O)NCc2ccc(F)cc2)cc1. The average Bonchev–Trinajstić information content (AvgIpc) is 2.62. The van der Waals surface area contributed by atoms with E-state index in [2.05, 4.69) is 16.0 Å². The topological polar surface area (TPSA) is 90.5 Å². The fourth-order valence-corrected chi connectivity index (χ4v) is 2.31. The summed E-state index contributed by atoms with van der Waals surface area (Å²) in [4.78, 5) is 23.9.